The fourth-order valence-corrected chi connectivity index (χ4v) is 3.27. The van der Waals surface area contributed by atoms with Crippen LogP contribution in [0.5, 0.6) is 0 Å². The Morgan fingerprint density at radius 3 is 2.53 bits per heavy atom. The summed E-state index contributed by atoms with van der Waals surface area (Å²) < 4.78 is 40.4. The lowest BCUT2D eigenvalue weighted by molar-refractivity contribution is -0.137. The van der Waals surface area contributed by atoms with Crippen LogP contribution in [0.3, 0.4) is 0 Å². The molecule has 3 N–H and O–H groups in total. The highest BCUT2D eigenvalue weighted by molar-refractivity contribution is 5.94. The van der Waals surface area contributed by atoms with E-state index < -0.39 is 29.8 Å². The van der Waals surface area contributed by atoms with Crippen molar-refractivity contribution in [1.29, 1.82) is 0 Å². The van der Waals surface area contributed by atoms with Gasteiger partial charge in [-0.1, -0.05) is 13.8 Å². The van der Waals surface area contributed by atoms with Gasteiger partial charge in [0.05, 0.1) is 16.6 Å². The molecule has 168 valence electrons. The van der Waals surface area contributed by atoms with Gasteiger partial charge in [0.2, 0.25) is 5.91 Å². The molecule has 0 aliphatic carbocycles. The molecule has 0 unspecified atom stereocenters. The van der Waals surface area contributed by atoms with Gasteiger partial charge in [0.1, 0.15) is 6.54 Å². The van der Waals surface area contributed by atoms with E-state index in [1.807, 2.05) is 0 Å². The summed E-state index contributed by atoms with van der Waals surface area (Å²) in [5.41, 5.74) is 6.24. The number of fused-ring (bicyclic) bond motifs is 1. The maximum Gasteiger partial charge on any atom is 0.416 e. The van der Waals surface area contributed by atoms with Crippen LogP contribution < -0.4 is 16.6 Å². The minimum Gasteiger partial charge on any atom is -0.398 e. The number of alkyl halides is 3. The number of nitrogens with one attached hydrogen (secondary N) is 1. The summed E-state index contributed by atoms with van der Waals surface area (Å²) in [7, 11) is 1.61. The summed E-state index contributed by atoms with van der Waals surface area (Å²) in [6, 6.07) is 7.78. The van der Waals surface area contributed by atoms with E-state index in [0.29, 0.717) is 22.6 Å². The van der Waals surface area contributed by atoms with Gasteiger partial charge in [-0.2, -0.15) is 18.3 Å². The van der Waals surface area contributed by atoms with Gasteiger partial charge in [0.25, 0.3) is 5.56 Å². The van der Waals surface area contributed by atoms with Crippen molar-refractivity contribution in [3.05, 3.63) is 63.6 Å². The lowest BCUT2D eigenvalue weighted by atomic mass is 10.0. The average molecular weight is 445 g/mol. The predicted molar refractivity (Wildman–Crippen MR) is 118 cm³/mol. The standard InChI is InChI=1S/C22H22F3N5O2/c1-12(2)20-17-8-14(22(23,24)25)5-7-16(17)21(32)30(29-20)11-19(31)28-15-6-4-13(10-27-3)18(26)9-15/h4-10,12H,11,26H2,1-3H3,(H,28,31). The number of hydrogen-bond acceptors (Lipinski definition) is 5. The minimum atomic E-state index is -4.54. The fourth-order valence-electron chi connectivity index (χ4n) is 3.27. The Kier molecular flexibility index (Phi) is 6.33. The number of nitrogen functional groups attached to an aromatic ring is 1. The number of carbonyl (C=O) groups is 1. The molecule has 10 heteroatoms. The first-order valence-electron chi connectivity index (χ1n) is 9.74. The largest absolute Gasteiger partial charge is 0.416 e. The molecule has 0 aliphatic rings. The number of hydrogen-bond donors (Lipinski definition) is 2. The number of anilines is 2. The Morgan fingerprint density at radius 1 is 1.22 bits per heavy atom. The van der Waals surface area contributed by atoms with Crippen molar-refractivity contribution in [2.75, 3.05) is 18.1 Å². The van der Waals surface area contributed by atoms with E-state index in [1.165, 1.54) is 0 Å². The van der Waals surface area contributed by atoms with Gasteiger partial charge >= 0.3 is 6.18 Å². The van der Waals surface area contributed by atoms with Crippen LogP contribution in [0.1, 0.15) is 36.6 Å². The summed E-state index contributed by atoms with van der Waals surface area (Å²) in [5, 5.41) is 7.03. The highest BCUT2D eigenvalue weighted by Crippen LogP contribution is 2.32. The number of benzene rings is 2. The molecule has 1 amide bonds. The molecule has 3 aromatic rings. The smallest absolute Gasteiger partial charge is 0.398 e. The quantitative estimate of drug-likeness (QED) is 0.461. The van der Waals surface area contributed by atoms with Crippen LogP contribution in [0, 0.1) is 0 Å². The van der Waals surface area contributed by atoms with Crippen LogP contribution in [-0.4, -0.2) is 28.9 Å². The SMILES string of the molecule is CN=Cc1ccc(NC(=O)Cn2nc(C(C)C)c3cc(C(F)(F)F)ccc3c2=O)cc1N. The molecule has 3 rings (SSSR count). The van der Waals surface area contributed by atoms with Crippen LogP contribution in [-0.2, 0) is 17.5 Å². The number of rotatable bonds is 5. The summed E-state index contributed by atoms with van der Waals surface area (Å²) in [5.74, 6) is -0.805. The van der Waals surface area contributed by atoms with Crippen molar-refractivity contribution < 1.29 is 18.0 Å². The third-order valence-electron chi connectivity index (χ3n) is 4.80. The molecule has 2 aromatic carbocycles. The number of nitrogens with two attached hydrogens (primary N) is 1. The minimum absolute atomic E-state index is 0.0666. The molecule has 0 fully saturated rings. The summed E-state index contributed by atoms with van der Waals surface area (Å²) >= 11 is 0. The zero-order valence-corrected chi connectivity index (χ0v) is 17.7. The monoisotopic (exact) mass is 445 g/mol. The molecule has 1 aromatic heterocycles. The van der Waals surface area contributed by atoms with Crippen LogP contribution in [0.4, 0.5) is 24.5 Å². The molecule has 0 bridgehead atoms. The lowest BCUT2D eigenvalue weighted by Crippen LogP contribution is -2.31. The van der Waals surface area contributed by atoms with Gasteiger partial charge in [0, 0.05) is 35.6 Å². The summed E-state index contributed by atoms with van der Waals surface area (Å²) in [6.45, 7) is 3.09. The van der Waals surface area contributed by atoms with Gasteiger partial charge < -0.3 is 11.1 Å². The Labute approximate surface area is 181 Å². The molecule has 32 heavy (non-hydrogen) atoms. The number of amides is 1. The van der Waals surface area contributed by atoms with Crippen LogP contribution in [0.25, 0.3) is 10.8 Å². The summed E-state index contributed by atoms with van der Waals surface area (Å²) in [6.07, 6.45) is -2.96. The topological polar surface area (TPSA) is 102 Å². The normalized spacial score (nSPS) is 12.1. The fraction of sp³-hybridized carbons (Fsp3) is 0.273. The van der Waals surface area contributed by atoms with E-state index >= 15 is 0 Å². The third kappa shape index (κ3) is 4.79. The Hall–Kier alpha value is -3.69. The molecule has 0 saturated heterocycles. The Bertz CT molecular complexity index is 1260. The van der Waals surface area contributed by atoms with Crippen molar-refractivity contribution in [3.63, 3.8) is 0 Å². The van der Waals surface area contributed by atoms with E-state index in [9.17, 15) is 22.8 Å². The molecular formula is C22H22F3N5O2. The van der Waals surface area contributed by atoms with Gasteiger partial charge in [-0.05, 0) is 42.3 Å². The molecule has 7 nitrogen and oxygen atoms in total. The molecule has 0 saturated carbocycles. The zero-order chi connectivity index (χ0) is 23.6. The maximum absolute atomic E-state index is 13.1. The van der Waals surface area contributed by atoms with Crippen LogP contribution in [0.15, 0.2) is 46.2 Å². The van der Waals surface area contributed by atoms with Crippen molar-refractivity contribution in [2.24, 2.45) is 4.99 Å². The number of carbonyl (C=O) groups excluding carboxylic acids is 1. The number of aromatic nitrogens is 2. The van der Waals surface area contributed by atoms with Gasteiger partial charge in [-0.25, -0.2) is 4.68 Å². The highest BCUT2D eigenvalue weighted by atomic mass is 19.4. The van der Waals surface area contributed by atoms with Crippen LogP contribution >= 0.6 is 0 Å². The Balaban J connectivity index is 1.95. The highest BCUT2D eigenvalue weighted by Gasteiger charge is 2.31. The molecular weight excluding hydrogens is 423 g/mol. The molecule has 0 spiro atoms. The molecule has 0 radical (unpaired) electrons. The first-order valence-corrected chi connectivity index (χ1v) is 9.74. The van der Waals surface area contributed by atoms with Crippen molar-refractivity contribution >= 4 is 34.3 Å². The molecule has 1 heterocycles. The summed E-state index contributed by atoms with van der Waals surface area (Å²) in [4.78, 5) is 29.2. The van der Waals surface area contributed by atoms with Crippen molar-refractivity contribution in [2.45, 2.75) is 32.5 Å². The predicted octanol–water partition coefficient (Wildman–Crippen LogP) is 3.81. The van der Waals surface area contributed by atoms with Gasteiger partial charge in [-0.15, -0.1) is 0 Å². The van der Waals surface area contributed by atoms with E-state index in [-0.39, 0.29) is 16.7 Å². The molecule has 0 aliphatic heterocycles. The number of nitrogens with zero attached hydrogens (tertiary/aromatic N) is 3. The second-order valence-corrected chi connectivity index (χ2v) is 7.54. The lowest BCUT2D eigenvalue weighted by Gasteiger charge is -2.15. The molecule has 0 atom stereocenters. The number of aliphatic imine (C=N–C) groups is 1. The van der Waals surface area contributed by atoms with Crippen molar-refractivity contribution in [1.82, 2.24) is 9.78 Å². The number of halogens is 3. The van der Waals surface area contributed by atoms with E-state index in [0.717, 1.165) is 22.9 Å². The average Bonchev–Trinajstić information content (AvgIpc) is 2.71. The van der Waals surface area contributed by atoms with Crippen molar-refractivity contribution in [3.8, 4) is 0 Å². The third-order valence-corrected chi connectivity index (χ3v) is 4.80. The first kappa shape index (κ1) is 23.0. The van der Waals surface area contributed by atoms with E-state index in [4.69, 9.17) is 5.73 Å². The second kappa shape index (κ2) is 8.81. The second-order valence-electron chi connectivity index (χ2n) is 7.54. The van der Waals surface area contributed by atoms with E-state index in [1.54, 1.807) is 45.3 Å². The van der Waals surface area contributed by atoms with Crippen LogP contribution in [0.2, 0.25) is 0 Å². The van der Waals surface area contributed by atoms with Gasteiger partial charge in [-0.3, -0.25) is 14.6 Å². The zero-order valence-electron chi connectivity index (χ0n) is 17.7. The first-order chi connectivity index (χ1) is 15.0. The Morgan fingerprint density at radius 2 is 1.94 bits per heavy atom. The van der Waals surface area contributed by atoms with Gasteiger partial charge in [0.15, 0.2) is 0 Å². The van der Waals surface area contributed by atoms with E-state index in [2.05, 4.69) is 15.4 Å². The maximum atomic E-state index is 13.1.